The Morgan fingerprint density at radius 3 is 2.39 bits per heavy atom. The van der Waals surface area contributed by atoms with E-state index < -0.39 is 0 Å². The maximum Gasteiger partial charge on any atom is 0.251 e. The van der Waals surface area contributed by atoms with Crippen molar-refractivity contribution < 1.29 is 18.7 Å². The quantitative estimate of drug-likeness (QED) is 0.269. The molecule has 0 fully saturated rings. The maximum absolute atomic E-state index is 13.5. The van der Waals surface area contributed by atoms with Gasteiger partial charge >= 0.3 is 0 Å². The van der Waals surface area contributed by atoms with Crippen molar-refractivity contribution in [1.82, 2.24) is 16.0 Å². The number of aliphatic imine (C=N–C) groups is 1. The van der Waals surface area contributed by atoms with E-state index in [0.29, 0.717) is 56.5 Å². The first-order valence-corrected chi connectivity index (χ1v) is 9.72. The fourth-order valence-corrected chi connectivity index (χ4v) is 2.22. The number of halogens is 1. The summed E-state index contributed by atoms with van der Waals surface area (Å²) in [5.74, 6) is -0.0678. The second kappa shape index (κ2) is 14.8. The summed E-state index contributed by atoms with van der Waals surface area (Å²) in [4.78, 5) is 16.1. The van der Waals surface area contributed by atoms with E-state index in [0.717, 1.165) is 19.4 Å². The number of guanidine groups is 1. The molecule has 8 heteroatoms. The Kier molecular flexibility index (Phi) is 12.6. The van der Waals surface area contributed by atoms with Crippen LogP contribution in [0.2, 0.25) is 0 Å². The zero-order valence-corrected chi connectivity index (χ0v) is 17.1. The van der Waals surface area contributed by atoms with Crippen molar-refractivity contribution in [2.75, 3.05) is 53.1 Å². The van der Waals surface area contributed by atoms with Crippen LogP contribution in [0.15, 0.2) is 23.2 Å². The third-order valence-electron chi connectivity index (χ3n) is 3.91. The lowest BCUT2D eigenvalue weighted by molar-refractivity contribution is 0.0487. The molecule has 1 rings (SSSR count). The Hall–Kier alpha value is -2.19. The van der Waals surface area contributed by atoms with Crippen molar-refractivity contribution in [2.45, 2.75) is 26.7 Å². The highest BCUT2D eigenvalue weighted by Crippen LogP contribution is 2.08. The van der Waals surface area contributed by atoms with Crippen molar-refractivity contribution >= 4 is 11.9 Å². The van der Waals surface area contributed by atoms with E-state index in [4.69, 9.17) is 9.47 Å². The van der Waals surface area contributed by atoms with E-state index in [-0.39, 0.29) is 11.7 Å². The Balaban J connectivity index is 2.09. The number of benzene rings is 1. The van der Waals surface area contributed by atoms with Gasteiger partial charge in [0.15, 0.2) is 5.96 Å². The van der Waals surface area contributed by atoms with Gasteiger partial charge in [0.1, 0.15) is 5.82 Å². The molecule has 1 aromatic carbocycles. The van der Waals surface area contributed by atoms with Gasteiger partial charge in [-0.1, -0.05) is 19.4 Å². The molecule has 1 aromatic rings. The van der Waals surface area contributed by atoms with Crippen LogP contribution in [-0.2, 0) is 9.47 Å². The van der Waals surface area contributed by atoms with Crippen molar-refractivity contribution in [1.29, 1.82) is 0 Å². The SMILES string of the molecule is CCCCOCCOCCNC(=NC)NCCNC(=O)c1ccc(C)c(F)c1. The van der Waals surface area contributed by atoms with Gasteiger partial charge in [-0.05, 0) is 31.0 Å². The number of hydrogen-bond donors (Lipinski definition) is 3. The van der Waals surface area contributed by atoms with Crippen LogP contribution >= 0.6 is 0 Å². The molecular weight excluding hydrogens is 363 g/mol. The first-order chi connectivity index (χ1) is 13.6. The smallest absolute Gasteiger partial charge is 0.251 e. The number of hydrogen-bond acceptors (Lipinski definition) is 4. The number of nitrogens with one attached hydrogen (secondary N) is 3. The summed E-state index contributed by atoms with van der Waals surface area (Å²) >= 11 is 0. The summed E-state index contributed by atoms with van der Waals surface area (Å²) < 4.78 is 24.4. The molecule has 0 aliphatic carbocycles. The molecule has 0 aliphatic heterocycles. The fraction of sp³-hybridized carbons (Fsp3) is 0.600. The standard InChI is InChI=1S/C20H33FN4O3/c1-4-5-11-27-13-14-28-12-10-25-20(22-3)24-9-8-23-19(26)17-7-6-16(2)18(21)15-17/h6-7,15H,4-5,8-14H2,1-3H3,(H,23,26)(H2,22,24,25). The van der Waals surface area contributed by atoms with Gasteiger partial charge in [-0.3, -0.25) is 9.79 Å². The number of nitrogens with zero attached hydrogens (tertiary/aromatic N) is 1. The van der Waals surface area contributed by atoms with Gasteiger partial charge < -0.3 is 25.4 Å². The van der Waals surface area contributed by atoms with Crippen molar-refractivity contribution in [3.63, 3.8) is 0 Å². The second-order valence-corrected chi connectivity index (χ2v) is 6.22. The highest BCUT2D eigenvalue weighted by atomic mass is 19.1. The van der Waals surface area contributed by atoms with Crippen LogP contribution in [0.25, 0.3) is 0 Å². The minimum absolute atomic E-state index is 0.307. The second-order valence-electron chi connectivity index (χ2n) is 6.22. The molecule has 0 atom stereocenters. The predicted molar refractivity (Wildman–Crippen MR) is 109 cm³/mol. The minimum Gasteiger partial charge on any atom is -0.379 e. The van der Waals surface area contributed by atoms with Crippen LogP contribution in [0.5, 0.6) is 0 Å². The summed E-state index contributed by atoms with van der Waals surface area (Å²) in [5.41, 5.74) is 0.822. The lowest BCUT2D eigenvalue weighted by atomic mass is 10.1. The monoisotopic (exact) mass is 396 g/mol. The van der Waals surface area contributed by atoms with E-state index in [1.807, 2.05) is 0 Å². The number of carbonyl (C=O) groups is 1. The highest BCUT2D eigenvalue weighted by Gasteiger charge is 2.07. The van der Waals surface area contributed by atoms with Crippen LogP contribution in [0, 0.1) is 12.7 Å². The lowest BCUT2D eigenvalue weighted by Crippen LogP contribution is -2.42. The topological polar surface area (TPSA) is 84.0 Å². The summed E-state index contributed by atoms with van der Waals surface area (Å²) in [7, 11) is 1.67. The Bertz CT molecular complexity index is 611. The average molecular weight is 397 g/mol. The minimum atomic E-state index is -0.384. The maximum atomic E-state index is 13.5. The molecule has 0 aliphatic rings. The number of amides is 1. The summed E-state index contributed by atoms with van der Waals surface area (Å²) in [6.45, 7) is 7.80. The van der Waals surface area contributed by atoms with E-state index in [1.165, 1.54) is 6.07 Å². The molecule has 0 heterocycles. The van der Waals surface area contributed by atoms with E-state index in [2.05, 4.69) is 27.9 Å². The van der Waals surface area contributed by atoms with Crippen LogP contribution in [-0.4, -0.2) is 65.0 Å². The third kappa shape index (κ3) is 10.2. The van der Waals surface area contributed by atoms with Gasteiger partial charge in [0.2, 0.25) is 0 Å². The summed E-state index contributed by atoms with van der Waals surface area (Å²) in [5, 5.41) is 8.96. The molecular formula is C20H33FN4O3. The normalized spacial score (nSPS) is 11.4. The van der Waals surface area contributed by atoms with E-state index >= 15 is 0 Å². The van der Waals surface area contributed by atoms with Gasteiger partial charge in [-0.25, -0.2) is 4.39 Å². The largest absolute Gasteiger partial charge is 0.379 e. The van der Waals surface area contributed by atoms with Crippen LogP contribution < -0.4 is 16.0 Å². The first-order valence-electron chi connectivity index (χ1n) is 9.72. The summed E-state index contributed by atoms with van der Waals surface area (Å²) in [6.07, 6.45) is 2.21. The van der Waals surface area contributed by atoms with E-state index in [1.54, 1.807) is 26.1 Å². The van der Waals surface area contributed by atoms with Gasteiger partial charge in [0, 0.05) is 38.9 Å². The lowest BCUT2D eigenvalue weighted by Gasteiger charge is -2.12. The van der Waals surface area contributed by atoms with Gasteiger partial charge in [-0.15, -0.1) is 0 Å². The fourth-order valence-electron chi connectivity index (χ4n) is 2.22. The Morgan fingerprint density at radius 1 is 1.04 bits per heavy atom. The van der Waals surface area contributed by atoms with Gasteiger partial charge in [0.25, 0.3) is 5.91 Å². The van der Waals surface area contributed by atoms with Crippen molar-refractivity contribution in [3.8, 4) is 0 Å². The van der Waals surface area contributed by atoms with Gasteiger partial charge in [-0.2, -0.15) is 0 Å². The number of ether oxygens (including phenoxy) is 2. The number of aryl methyl sites for hydroxylation is 1. The molecule has 7 nitrogen and oxygen atoms in total. The molecule has 0 aromatic heterocycles. The van der Waals surface area contributed by atoms with E-state index in [9.17, 15) is 9.18 Å². The van der Waals surface area contributed by atoms with Crippen molar-refractivity contribution in [3.05, 3.63) is 35.1 Å². The molecule has 3 N–H and O–H groups in total. The molecule has 0 unspecified atom stereocenters. The zero-order chi connectivity index (χ0) is 20.6. The molecule has 0 spiro atoms. The molecule has 0 radical (unpaired) electrons. The molecule has 158 valence electrons. The predicted octanol–water partition coefficient (Wildman–Crippen LogP) is 1.86. The zero-order valence-electron chi connectivity index (χ0n) is 17.1. The molecule has 0 saturated heterocycles. The molecule has 0 bridgehead atoms. The molecule has 1 amide bonds. The number of carbonyl (C=O) groups excluding carboxylic acids is 1. The number of rotatable bonds is 13. The highest BCUT2D eigenvalue weighted by molar-refractivity contribution is 5.94. The van der Waals surface area contributed by atoms with Gasteiger partial charge in [0.05, 0.1) is 19.8 Å². The third-order valence-corrected chi connectivity index (χ3v) is 3.91. The van der Waals surface area contributed by atoms with Crippen molar-refractivity contribution in [2.24, 2.45) is 4.99 Å². The molecule has 28 heavy (non-hydrogen) atoms. The van der Waals surface area contributed by atoms with Crippen LogP contribution in [0.1, 0.15) is 35.7 Å². The van der Waals surface area contributed by atoms with Crippen LogP contribution in [0.4, 0.5) is 4.39 Å². The Labute approximate surface area is 167 Å². The number of unbranched alkanes of at least 4 members (excludes halogenated alkanes) is 1. The van der Waals surface area contributed by atoms with Crippen LogP contribution in [0.3, 0.4) is 0 Å². The molecule has 0 saturated carbocycles. The average Bonchev–Trinajstić information content (AvgIpc) is 2.70. The summed E-state index contributed by atoms with van der Waals surface area (Å²) in [6, 6.07) is 4.44. The Morgan fingerprint density at radius 2 is 1.71 bits per heavy atom. The first kappa shape index (κ1) is 23.8.